The number of nitrogens with zero attached hydrogens (tertiary/aromatic N) is 6. The maximum absolute atomic E-state index is 9.80. The van der Waals surface area contributed by atoms with Crippen LogP contribution in [0.1, 0.15) is 12.8 Å². The number of fused-ring (bicyclic) bond motifs is 1. The van der Waals surface area contributed by atoms with Crippen LogP contribution in [-0.2, 0) is 7.05 Å². The zero-order valence-electron chi connectivity index (χ0n) is 21.0. The van der Waals surface area contributed by atoms with Gasteiger partial charge in [-0.15, -0.1) is 0 Å². The number of aryl methyl sites for hydroxylation is 1. The van der Waals surface area contributed by atoms with E-state index in [0.717, 1.165) is 77.6 Å². The number of methoxy groups -OCH3 is 2. The summed E-state index contributed by atoms with van der Waals surface area (Å²) in [4.78, 5) is 14.1. The molecule has 36 heavy (non-hydrogen) atoms. The highest BCUT2D eigenvalue weighted by Crippen LogP contribution is 2.34. The Morgan fingerprint density at radius 2 is 1.83 bits per heavy atom. The molecule has 2 aromatic carbocycles. The Bertz CT molecular complexity index is 1320. The number of hydrogen-bond donors (Lipinski definition) is 1. The quantitative estimate of drug-likeness (QED) is 0.382. The molecule has 0 spiro atoms. The van der Waals surface area contributed by atoms with Gasteiger partial charge in [0.25, 0.3) is 0 Å². The summed E-state index contributed by atoms with van der Waals surface area (Å²) in [5, 5.41) is 14.1. The monoisotopic (exact) mass is 488 g/mol. The van der Waals surface area contributed by atoms with Gasteiger partial charge in [0.2, 0.25) is 0 Å². The van der Waals surface area contributed by atoms with E-state index in [2.05, 4.69) is 32.0 Å². The summed E-state index contributed by atoms with van der Waals surface area (Å²) in [6, 6.07) is 12.3. The van der Waals surface area contributed by atoms with Gasteiger partial charge in [0.1, 0.15) is 11.5 Å². The van der Waals surface area contributed by atoms with Crippen LogP contribution in [0.25, 0.3) is 22.3 Å². The summed E-state index contributed by atoms with van der Waals surface area (Å²) in [7, 11) is 5.20. The van der Waals surface area contributed by atoms with Gasteiger partial charge in [-0.05, 0) is 37.6 Å². The number of aliphatic hydroxyl groups excluding tert-OH is 1. The largest absolute Gasteiger partial charge is 0.497 e. The fourth-order valence-electron chi connectivity index (χ4n) is 4.84. The van der Waals surface area contributed by atoms with Crippen LogP contribution in [0.5, 0.6) is 11.5 Å². The topological polar surface area (TPSA) is 88.8 Å². The third-order valence-corrected chi connectivity index (χ3v) is 6.81. The predicted molar refractivity (Wildman–Crippen MR) is 140 cm³/mol. The van der Waals surface area contributed by atoms with Crippen molar-refractivity contribution >= 4 is 22.4 Å². The number of aliphatic hydroxyl groups is 1. The number of ether oxygens (including phenoxy) is 2. The predicted octanol–water partition coefficient (Wildman–Crippen LogP) is 3.64. The van der Waals surface area contributed by atoms with Crippen molar-refractivity contribution in [3.8, 4) is 22.8 Å². The molecule has 5 rings (SSSR count). The second kappa shape index (κ2) is 10.5. The van der Waals surface area contributed by atoms with Crippen molar-refractivity contribution in [1.82, 2.24) is 24.6 Å². The average molecular weight is 489 g/mol. The lowest BCUT2D eigenvalue weighted by Crippen LogP contribution is -2.38. The minimum absolute atomic E-state index is 0.190. The van der Waals surface area contributed by atoms with Crippen molar-refractivity contribution in [3.05, 3.63) is 55.0 Å². The van der Waals surface area contributed by atoms with E-state index >= 15 is 0 Å². The fraction of sp³-hybridized carbons (Fsp3) is 0.370. The SMILES string of the molecule is COc1cc(OC)cc(N(CCN2CCC[C@H]2CO)c2ccc3ncc(-c4cnn(C)c4)nc3c2)c1. The summed E-state index contributed by atoms with van der Waals surface area (Å²) in [6.45, 7) is 2.74. The minimum Gasteiger partial charge on any atom is -0.497 e. The molecule has 0 radical (unpaired) electrons. The van der Waals surface area contributed by atoms with Crippen LogP contribution in [0.15, 0.2) is 55.0 Å². The normalized spacial score (nSPS) is 15.9. The molecule has 188 valence electrons. The number of benzene rings is 2. The van der Waals surface area contributed by atoms with Crippen molar-refractivity contribution in [2.75, 3.05) is 45.4 Å². The van der Waals surface area contributed by atoms with Gasteiger partial charge >= 0.3 is 0 Å². The van der Waals surface area contributed by atoms with E-state index in [1.807, 2.05) is 37.5 Å². The van der Waals surface area contributed by atoms with E-state index < -0.39 is 0 Å². The molecule has 1 aliphatic rings. The van der Waals surface area contributed by atoms with Crippen LogP contribution < -0.4 is 14.4 Å². The summed E-state index contributed by atoms with van der Waals surface area (Å²) >= 11 is 0. The molecule has 1 aliphatic heterocycles. The first kappa shape index (κ1) is 24.0. The molecule has 9 nitrogen and oxygen atoms in total. The van der Waals surface area contributed by atoms with Crippen LogP contribution in [-0.4, -0.2) is 76.3 Å². The zero-order chi connectivity index (χ0) is 25.1. The van der Waals surface area contributed by atoms with E-state index in [1.165, 1.54) is 0 Å². The minimum atomic E-state index is 0.190. The highest BCUT2D eigenvalue weighted by molar-refractivity contribution is 5.82. The maximum atomic E-state index is 9.80. The van der Waals surface area contributed by atoms with Crippen molar-refractivity contribution < 1.29 is 14.6 Å². The Hall–Kier alpha value is -3.69. The van der Waals surface area contributed by atoms with Crippen LogP contribution in [0.3, 0.4) is 0 Å². The third-order valence-electron chi connectivity index (χ3n) is 6.81. The second-order valence-corrected chi connectivity index (χ2v) is 9.07. The summed E-state index contributed by atoms with van der Waals surface area (Å²) < 4.78 is 12.9. The highest BCUT2D eigenvalue weighted by Gasteiger charge is 2.24. The van der Waals surface area contributed by atoms with Gasteiger partial charge in [0.05, 0.1) is 49.9 Å². The van der Waals surface area contributed by atoms with Crippen LogP contribution in [0.4, 0.5) is 11.4 Å². The van der Waals surface area contributed by atoms with Crippen LogP contribution >= 0.6 is 0 Å². The van der Waals surface area contributed by atoms with Gasteiger partial charge in [0.15, 0.2) is 0 Å². The second-order valence-electron chi connectivity index (χ2n) is 9.07. The molecule has 0 bridgehead atoms. The average Bonchev–Trinajstić information content (AvgIpc) is 3.56. The summed E-state index contributed by atoms with van der Waals surface area (Å²) in [5.41, 5.74) is 5.30. The summed E-state index contributed by atoms with van der Waals surface area (Å²) in [6.07, 6.45) is 7.66. The molecule has 0 aliphatic carbocycles. The highest BCUT2D eigenvalue weighted by atomic mass is 16.5. The molecule has 1 N–H and O–H groups in total. The van der Waals surface area contributed by atoms with Gasteiger partial charge in [0, 0.05) is 67.5 Å². The van der Waals surface area contributed by atoms with Crippen molar-refractivity contribution in [1.29, 1.82) is 0 Å². The van der Waals surface area contributed by atoms with E-state index in [9.17, 15) is 5.11 Å². The van der Waals surface area contributed by atoms with Crippen molar-refractivity contribution in [3.63, 3.8) is 0 Å². The molecule has 3 heterocycles. The lowest BCUT2D eigenvalue weighted by Gasteiger charge is -2.30. The summed E-state index contributed by atoms with van der Waals surface area (Å²) in [5.74, 6) is 1.45. The van der Waals surface area contributed by atoms with Gasteiger partial charge in [-0.25, -0.2) is 4.98 Å². The van der Waals surface area contributed by atoms with E-state index in [1.54, 1.807) is 31.3 Å². The number of likely N-dealkylation sites (tertiary alicyclic amines) is 1. The van der Waals surface area contributed by atoms with E-state index in [4.69, 9.17) is 14.5 Å². The van der Waals surface area contributed by atoms with Crippen LogP contribution in [0, 0.1) is 0 Å². The van der Waals surface area contributed by atoms with E-state index in [-0.39, 0.29) is 12.6 Å². The van der Waals surface area contributed by atoms with Crippen molar-refractivity contribution in [2.45, 2.75) is 18.9 Å². The first-order chi connectivity index (χ1) is 17.6. The van der Waals surface area contributed by atoms with Crippen LogP contribution in [0.2, 0.25) is 0 Å². The van der Waals surface area contributed by atoms with Gasteiger partial charge < -0.3 is 19.5 Å². The van der Waals surface area contributed by atoms with E-state index in [0.29, 0.717) is 0 Å². The Labute approximate surface area is 210 Å². The Morgan fingerprint density at radius 1 is 1.03 bits per heavy atom. The molecule has 0 unspecified atom stereocenters. The Morgan fingerprint density at radius 3 is 2.53 bits per heavy atom. The smallest absolute Gasteiger partial charge is 0.124 e. The lowest BCUT2D eigenvalue weighted by molar-refractivity contribution is 0.162. The first-order valence-electron chi connectivity index (χ1n) is 12.2. The van der Waals surface area contributed by atoms with Gasteiger partial charge in [-0.1, -0.05) is 0 Å². The van der Waals surface area contributed by atoms with Gasteiger partial charge in [-0.2, -0.15) is 5.10 Å². The lowest BCUT2D eigenvalue weighted by atomic mass is 10.2. The fourth-order valence-corrected chi connectivity index (χ4v) is 4.84. The molecule has 2 aromatic heterocycles. The number of aromatic nitrogens is 4. The number of hydrogen-bond acceptors (Lipinski definition) is 8. The number of anilines is 2. The molecule has 1 atom stereocenters. The maximum Gasteiger partial charge on any atom is 0.124 e. The Kier molecular flexibility index (Phi) is 7.02. The molecule has 9 heteroatoms. The standard InChI is InChI=1S/C27H32N6O3/c1-31-17-19(15-29-31)27-16-28-25-7-6-20(13-26(25)30-27)33(10-9-32-8-4-5-21(32)18-34)22-11-23(35-2)14-24(12-22)36-3/h6-7,11-17,21,34H,4-5,8-10,18H2,1-3H3/t21-/m0/s1. The molecule has 0 amide bonds. The Balaban J connectivity index is 1.53. The molecule has 4 aromatic rings. The van der Waals surface area contributed by atoms with Crippen molar-refractivity contribution in [2.24, 2.45) is 7.05 Å². The molecule has 0 saturated carbocycles. The molecular formula is C27H32N6O3. The third kappa shape index (κ3) is 4.98. The molecule has 1 fully saturated rings. The molecular weight excluding hydrogens is 456 g/mol. The first-order valence-corrected chi connectivity index (χ1v) is 12.2. The van der Waals surface area contributed by atoms with Gasteiger partial charge in [-0.3, -0.25) is 14.6 Å². The zero-order valence-corrected chi connectivity index (χ0v) is 21.0. The molecule has 1 saturated heterocycles. The number of rotatable bonds is 9.